The first-order valence-corrected chi connectivity index (χ1v) is 19.4. The summed E-state index contributed by atoms with van der Waals surface area (Å²) in [4.78, 5) is 0. The van der Waals surface area contributed by atoms with Crippen molar-refractivity contribution in [3.8, 4) is 33.4 Å². The molecule has 7 rings (SSSR count). The van der Waals surface area contributed by atoms with E-state index < -0.39 is 8.07 Å². The minimum Gasteiger partial charge on any atom is -1.00 e. The van der Waals surface area contributed by atoms with Gasteiger partial charge in [-0.3, -0.25) is 0 Å². The Labute approximate surface area is 351 Å². The Morgan fingerprint density at radius 1 is 0.358 bits per heavy atom. The van der Waals surface area contributed by atoms with Gasteiger partial charge in [-0.05, 0) is 70.8 Å². The van der Waals surface area contributed by atoms with Gasteiger partial charge in [0, 0.05) is 0 Å². The van der Waals surface area contributed by atoms with E-state index in [0.717, 1.165) is 0 Å². The summed E-state index contributed by atoms with van der Waals surface area (Å²) in [6.45, 7) is 16.1. The Hall–Kier alpha value is -3.53. The Kier molecular flexibility index (Phi) is 15.1. The van der Waals surface area contributed by atoms with E-state index in [-0.39, 0.29) is 58.9 Å². The Balaban J connectivity index is 0.00000189. The maximum atomic E-state index is 2.54. The van der Waals surface area contributed by atoms with Crippen LogP contribution in [0.5, 0.6) is 0 Å². The van der Waals surface area contributed by atoms with E-state index in [4.69, 9.17) is 0 Å². The van der Waals surface area contributed by atoms with Crippen molar-refractivity contribution in [3.05, 3.63) is 185 Å². The fourth-order valence-electron chi connectivity index (χ4n) is 8.07. The van der Waals surface area contributed by atoms with Crippen LogP contribution in [0.4, 0.5) is 0 Å². The molecule has 0 atom stereocenters. The molecule has 0 aliphatic carbocycles. The molecule has 0 saturated carbocycles. The number of hydrogen-bond donors (Lipinski definition) is 0. The summed E-state index contributed by atoms with van der Waals surface area (Å²) in [7, 11) is -2.96. The maximum Gasteiger partial charge on any atom is 4.00 e. The van der Waals surface area contributed by atoms with Gasteiger partial charge in [0.05, 0.1) is 0 Å². The van der Waals surface area contributed by atoms with Crippen LogP contribution in [0.25, 0.3) is 33.4 Å². The molecule has 0 amide bonds. The fraction of sp³-hybridized carbons (Fsp3) is 0.146. The van der Waals surface area contributed by atoms with Gasteiger partial charge in [-0.2, -0.15) is 22.3 Å². The van der Waals surface area contributed by atoms with Gasteiger partial charge >= 0.3 is 21.7 Å². The summed E-state index contributed by atoms with van der Waals surface area (Å²) >= 11 is 0. The second kappa shape index (κ2) is 18.2. The predicted octanol–water partition coefficient (Wildman–Crippen LogP) is 0.952. The molecule has 266 valence electrons. The van der Waals surface area contributed by atoms with Crippen LogP contribution in [0.15, 0.2) is 146 Å². The van der Waals surface area contributed by atoms with Crippen LogP contribution in [0.2, 0.25) is 0 Å². The van der Waals surface area contributed by atoms with Crippen molar-refractivity contribution >= 4 is 28.8 Å². The fourth-order valence-corrected chi connectivity index (χ4v) is 13.5. The molecule has 0 unspecified atom stereocenters. The third-order valence-electron chi connectivity index (χ3n) is 11.1. The van der Waals surface area contributed by atoms with Gasteiger partial charge in [0.15, 0.2) is 0 Å². The van der Waals surface area contributed by atoms with E-state index in [2.05, 4.69) is 194 Å². The van der Waals surface area contributed by atoms with Crippen LogP contribution < -0.4 is 58.0 Å². The SMILES string of the molecule is Cc1ccc([Si](c2ccc(C)c(-c3ccccc3)c2)(c2ccc(C)c(-c3ccccc3)c2)[c-]2c(C)c(C)c(C)c2C)cc1-c1ccccc1.[Cl-].[Cl-].[Cl-].[Ti+4]. The molecule has 7 aromatic rings. The smallest absolute Gasteiger partial charge is 1.00 e. The van der Waals surface area contributed by atoms with E-state index in [9.17, 15) is 0 Å². The number of aryl methyl sites for hydroxylation is 3. The molecule has 0 heterocycles. The molecule has 0 aliphatic heterocycles. The van der Waals surface area contributed by atoms with Gasteiger partial charge in [-0.15, -0.1) is 5.19 Å². The van der Waals surface area contributed by atoms with Crippen molar-refractivity contribution in [2.24, 2.45) is 0 Å². The van der Waals surface area contributed by atoms with Gasteiger partial charge in [-0.1, -0.05) is 189 Å². The second-order valence-corrected chi connectivity index (χ2v) is 17.5. The monoisotopic (exact) mass is 802 g/mol. The zero-order chi connectivity index (χ0) is 34.3. The molecule has 0 fully saturated rings. The molecule has 0 aliphatic rings. The molecule has 53 heavy (non-hydrogen) atoms. The first-order valence-electron chi connectivity index (χ1n) is 17.4. The second-order valence-electron chi connectivity index (χ2n) is 13.8. The summed E-state index contributed by atoms with van der Waals surface area (Å²) in [6.07, 6.45) is 0. The van der Waals surface area contributed by atoms with Gasteiger partial charge in [0.1, 0.15) is 8.07 Å². The summed E-state index contributed by atoms with van der Waals surface area (Å²) in [5, 5.41) is 5.77. The molecular formula is C48H45Cl3SiTi. The van der Waals surface area contributed by atoms with Crippen molar-refractivity contribution in [3.63, 3.8) is 0 Å². The Morgan fingerprint density at radius 2 is 0.623 bits per heavy atom. The number of rotatable bonds is 7. The third-order valence-corrected chi connectivity index (χ3v) is 16.1. The molecule has 7 aromatic carbocycles. The molecule has 0 N–H and O–H groups in total. The Bertz CT molecular complexity index is 2050. The van der Waals surface area contributed by atoms with E-state index in [0.29, 0.717) is 0 Å². The van der Waals surface area contributed by atoms with Crippen molar-refractivity contribution in [1.29, 1.82) is 0 Å². The van der Waals surface area contributed by atoms with E-state index >= 15 is 0 Å². The number of benzene rings is 6. The minimum absolute atomic E-state index is 0. The summed E-state index contributed by atoms with van der Waals surface area (Å²) < 4.78 is 0. The van der Waals surface area contributed by atoms with Gasteiger partial charge in [0.25, 0.3) is 0 Å². The molecule has 0 spiro atoms. The molecule has 0 nitrogen and oxygen atoms in total. The van der Waals surface area contributed by atoms with Crippen molar-refractivity contribution in [1.82, 2.24) is 0 Å². The molecule has 0 saturated heterocycles. The predicted molar refractivity (Wildman–Crippen MR) is 215 cm³/mol. The quantitative estimate of drug-likeness (QED) is 0.128. The van der Waals surface area contributed by atoms with Gasteiger partial charge < -0.3 is 37.2 Å². The Morgan fingerprint density at radius 3 is 0.887 bits per heavy atom. The first-order chi connectivity index (χ1) is 23.7. The molecule has 0 aromatic heterocycles. The van der Waals surface area contributed by atoms with Crippen LogP contribution in [-0.2, 0) is 21.7 Å². The summed E-state index contributed by atoms with van der Waals surface area (Å²) in [6, 6.07) is 54.8. The molecular weight excluding hydrogens is 759 g/mol. The third kappa shape index (κ3) is 7.85. The van der Waals surface area contributed by atoms with Crippen LogP contribution in [0, 0.1) is 48.5 Å². The average Bonchev–Trinajstić information content (AvgIpc) is 3.33. The van der Waals surface area contributed by atoms with E-state index in [1.54, 1.807) is 0 Å². The molecule has 0 bridgehead atoms. The van der Waals surface area contributed by atoms with E-state index in [1.165, 1.54) is 93.1 Å². The van der Waals surface area contributed by atoms with Crippen LogP contribution in [-0.4, -0.2) is 8.07 Å². The van der Waals surface area contributed by atoms with Crippen molar-refractivity contribution in [2.75, 3.05) is 0 Å². The number of hydrogen-bond acceptors (Lipinski definition) is 0. The topological polar surface area (TPSA) is 0 Å². The van der Waals surface area contributed by atoms with Crippen LogP contribution in [0.1, 0.15) is 38.9 Å². The standard InChI is InChI=1S/C48H45Si.3ClH.Ti/c1-32-23-26-42(29-45(32)39-17-11-8-12-18-39)49(48-37(6)35(4)36(5)38(48)7,43-27-24-33(2)46(30-43)40-19-13-9-14-20-40)44-28-25-34(3)47(31-44)41-21-15-10-16-22-41;;;;/h8-31H,1-7H3;3*1H;/q-1;;;;+4/p-3. The van der Waals surface area contributed by atoms with Gasteiger partial charge in [0.2, 0.25) is 0 Å². The maximum absolute atomic E-state index is 2.96. The summed E-state index contributed by atoms with van der Waals surface area (Å²) in [5.74, 6) is 0. The largest absolute Gasteiger partial charge is 4.00 e. The molecule has 0 radical (unpaired) electrons. The number of halogens is 3. The van der Waals surface area contributed by atoms with Crippen LogP contribution in [0.3, 0.4) is 0 Å². The summed E-state index contributed by atoms with van der Waals surface area (Å²) in [5.41, 5.74) is 17.2. The normalized spacial score (nSPS) is 10.7. The average molecular weight is 804 g/mol. The minimum atomic E-state index is -2.96. The van der Waals surface area contributed by atoms with Crippen LogP contribution >= 0.6 is 0 Å². The first kappa shape index (κ1) is 43.9. The van der Waals surface area contributed by atoms with E-state index in [1.807, 2.05) is 0 Å². The molecule has 5 heteroatoms. The zero-order valence-corrected chi connectivity index (χ0v) is 36.3. The zero-order valence-electron chi connectivity index (χ0n) is 31.5. The van der Waals surface area contributed by atoms with Crippen molar-refractivity contribution in [2.45, 2.75) is 48.5 Å². The van der Waals surface area contributed by atoms with Crippen molar-refractivity contribution < 1.29 is 58.9 Å². The van der Waals surface area contributed by atoms with Gasteiger partial charge in [-0.25, -0.2) is 0 Å².